The molecule has 5 saturated carbocycles. The van der Waals surface area contributed by atoms with Crippen molar-refractivity contribution < 1.29 is 0 Å². The molecule has 0 aromatic carbocycles. The first-order valence-corrected chi connectivity index (χ1v) is 10.4. The fraction of sp³-hybridized carbons (Fsp3) is 1.00. The van der Waals surface area contributed by atoms with Crippen LogP contribution >= 0.6 is 0 Å². The summed E-state index contributed by atoms with van der Waals surface area (Å²) in [6, 6.07) is 0. The maximum atomic E-state index is 1.67. The summed E-state index contributed by atoms with van der Waals surface area (Å²) in [7, 11) is 0. The molecule has 118 valence electrons. The van der Waals surface area contributed by atoms with E-state index in [4.69, 9.17) is 0 Å². The van der Waals surface area contributed by atoms with Gasteiger partial charge in [0.25, 0.3) is 0 Å². The van der Waals surface area contributed by atoms with Gasteiger partial charge in [-0.2, -0.15) is 0 Å². The zero-order valence-corrected chi connectivity index (χ0v) is 13.8. The summed E-state index contributed by atoms with van der Waals surface area (Å²) in [6.45, 7) is 0. The molecule has 5 aliphatic carbocycles. The lowest BCUT2D eigenvalue weighted by Gasteiger charge is -2.49. The van der Waals surface area contributed by atoms with E-state index >= 15 is 0 Å². The van der Waals surface area contributed by atoms with Gasteiger partial charge in [-0.05, 0) is 85.9 Å². The van der Waals surface area contributed by atoms with Gasteiger partial charge in [-0.3, -0.25) is 0 Å². The second-order valence-corrected chi connectivity index (χ2v) is 9.64. The van der Waals surface area contributed by atoms with Crippen molar-refractivity contribution in [1.82, 2.24) is 0 Å². The Balaban J connectivity index is 1.33. The molecule has 21 heavy (non-hydrogen) atoms. The van der Waals surface area contributed by atoms with Crippen molar-refractivity contribution in [2.75, 3.05) is 0 Å². The molecule has 0 aromatic heterocycles. The van der Waals surface area contributed by atoms with Gasteiger partial charge in [-0.1, -0.05) is 44.9 Å². The molecule has 0 radical (unpaired) electrons. The van der Waals surface area contributed by atoms with E-state index in [9.17, 15) is 0 Å². The van der Waals surface area contributed by atoms with Crippen LogP contribution < -0.4 is 0 Å². The van der Waals surface area contributed by atoms with E-state index in [1.807, 2.05) is 0 Å². The van der Waals surface area contributed by atoms with E-state index in [1.165, 1.54) is 17.8 Å². The third kappa shape index (κ3) is 2.22. The largest absolute Gasteiger partial charge is 0.0530 e. The van der Waals surface area contributed by atoms with Gasteiger partial charge in [0.1, 0.15) is 0 Å². The number of rotatable bonds is 0. The second-order valence-electron chi connectivity index (χ2n) is 9.64. The Morgan fingerprint density at radius 2 is 0.857 bits per heavy atom. The van der Waals surface area contributed by atoms with E-state index in [0.29, 0.717) is 0 Å². The fourth-order valence-corrected chi connectivity index (χ4v) is 8.03. The van der Waals surface area contributed by atoms with Gasteiger partial charge in [0.2, 0.25) is 0 Å². The highest BCUT2D eigenvalue weighted by Gasteiger charge is 2.50. The minimum Gasteiger partial charge on any atom is -0.0530 e. The maximum absolute atomic E-state index is 1.67. The Labute approximate surface area is 131 Å². The molecule has 5 aliphatic rings. The van der Waals surface area contributed by atoms with Gasteiger partial charge in [-0.15, -0.1) is 0 Å². The molecule has 0 heteroatoms. The first kappa shape index (κ1) is 13.4. The summed E-state index contributed by atoms with van der Waals surface area (Å²) < 4.78 is 0. The van der Waals surface area contributed by atoms with E-state index in [0.717, 1.165) is 29.6 Å². The van der Waals surface area contributed by atoms with Crippen molar-refractivity contribution >= 4 is 0 Å². The summed E-state index contributed by atoms with van der Waals surface area (Å²) in [5.74, 6) is 9.30. The first-order chi connectivity index (χ1) is 10.4. The summed E-state index contributed by atoms with van der Waals surface area (Å²) in [6.07, 6.45) is 20.9. The normalized spacial score (nSPS) is 56.0. The van der Waals surface area contributed by atoms with E-state index in [2.05, 4.69) is 0 Å². The molecule has 5 rings (SSSR count). The molecule has 0 bridgehead atoms. The van der Waals surface area contributed by atoms with Gasteiger partial charge in [0.05, 0.1) is 0 Å². The Bertz CT molecular complexity index is 383. The number of fused-ring (bicyclic) bond motifs is 5. The van der Waals surface area contributed by atoms with E-state index < -0.39 is 0 Å². The summed E-state index contributed by atoms with van der Waals surface area (Å²) >= 11 is 0. The minimum absolute atomic E-state index is 1.15. The first-order valence-electron chi connectivity index (χ1n) is 10.4. The highest BCUT2D eigenvalue weighted by molar-refractivity contribution is 5.00. The summed E-state index contributed by atoms with van der Waals surface area (Å²) in [4.78, 5) is 0. The van der Waals surface area contributed by atoms with Gasteiger partial charge in [-0.25, -0.2) is 0 Å². The van der Waals surface area contributed by atoms with Crippen LogP contribution in [0, 0.1) is 47.3 Å². The van der Waals surface area contributed by atoms with Crippen molar-refractivity contribution in [3.63, 3.8) is 0 Å². The van der Waals surface area contributed by atoms with E-state index in [-0.39, 0.29) is 0 Å². The zero-order valence-electron chi connectivity index (χ0n) is 13.8. The van der Waals surface area contributed by atoms with Crippen LogP contribution in [-0.2, 0) is 0 Å². The average Bonchev–Trinajstić information content (AvgIpc) is 2.88. The second kappa shape index (κ2) is 5.27. The van der Waals surface area contributed by atoms with Crippen molar-refractivity contribution in [2.45, 2.75) is 83.5 Å². The molecule has 0 heterocycles. The average molecular weight is 287 g/mol. The molecule has 8 atom stereocenters. The van der Waals surface area contributed by atoms with Gasteiger partial charge in [0.15, 0.2) is 0 Å². The SMILES string of the molecule is C1CCC2CC3CC4C(CC3CC2C1)CC1CCCCC14. The standard InChI is InChI=1S/C21H34/c1-2-6-15-10-18-13-21-19(12-17(18)9-14(15)5-1)11-16-7-3-4-8-20(16)21/h14-21H,1-13H2. The van der Waals surface area contributed by atoms with Crippen molar-refractivity contribution in [3.8, 4) is 0 Å². The summed E-state index contributed by atoms with van der Waals surface area (Å²) in [5, 5.41) is 0. The Morgan fingerprint density at radius 1 is 0.333 bits per heavy atom. The van der Waals surface area contributed by atoms with Crippen molar-refractivity contribution in [2.24, 2.45) is 47.3 Å². The van der Waals surface area contributed by atoms with Crippen LogP contribution in [0.15, 0.2) is 0 Å². The van der Waals surface area contributed by atoms with Gasteiger partial charge >= 0.3 is 0 Å². The quantitative estimate of drug-likeness (QED) is 0.508. The van der Waals surface area contributed by atoms with Crippen LogP contribution in [0.4, 0.5) is 0 Å². The molecule has 0 saturated heterocycles. The van der Waals surface area contributed by atoms with Gasteiger partial charge in [0, 0.05) is 0 Å². The highest BCUT2D eigenvalue weighted by atomic mass is 14.6. The smallest absolute Gasteiger partial charge is 0.0352 e. The van der Waals surface area contributed by atoms with Crippen molar-refractivity contribution in [1.29, 1.82) is 0 Å². The maximum Gasteiger partial charge on any atom is -0.0352 e. The fourth-order valence-electron chi connectivity index (χ4n) is 8.03. The predicted octanol–water partition coefficient (Wildman–Crippen LogP) is 6.06. The molecule has 8 unspecified atom stereocenters. The van der Waals surface area contributed by atoms with Gasteiger partial charge < -0.3 is 0 Å². The molecule has 5 fully saturated rings. The lowest BCUT2D eigenvalue weighted by atomic mass is 9.56. The predicted molar refractivity (Wildman–Crippen MR) is 87.9 cm³/mol. The van der Waals surface area contributed by atoms with Crippen LogP contribution in [0.2, 0.25) is 0 Å². The minimum atomic E-state index is 1.15. The van der Waals surface area contributed by atoms with Crippen LogP contribution in [0.3, 0.4) is 0 Å². The Hall–Kier alpha value is 0. The van der Waals surface area contributed by atoms with Crippen LogP contribution in [0.25, 0.3) is 0 Å². The van der Waals surface area contributed by atoms with E-state index in [1.54, 1.807) is 83.5 Å². The lowest BCUT2D eigenvalue weighted by molar-refractivity contribution is 0.00721. The molecule has 0 N–H and O–H groups in total. The zero-order chi connectivity index (χ0) is 13.8. The summed E-state index contributed by atoms with van der Waals surface area (Å²) in [5.41, 5.74) is 0. The lowest BCUT2D eigenvalue weighted by Crippen LogP contribution is -2.40. The molecule has 0 amide bonds. The van der Waals surface area contributed by atoms with Crippen LogP contribution in [0.5, 0.6) is 0 Å². The number of hydrogen-bond acceptors (Lipinski definition) is 0. The Kier molecular flexibility index (Phi) is 3.38. The van der Waals surface area contributed by atoms with Crippen LogP contribution in [-0.4, -0.2) is 0 Å². The molecule has 0 nitrogen and oxygen atoms in total. The number of hydrogen-bond donors (Lipinski definition) is 0. The molecule has 0 aromatic rings. The Morgan fingerprint density at radius 3 is 1.62 bits per heavy atom. The molecule has 0 spiro atoms. The third-order valence-corrected chi connectivity index (χ3v) is 8.85. The monoisotopic (exact) mass is 286 g/mol. The highest BCUT2D eigenvalue weighted by Crippen LogP contribution is 2.60. The van der Waals surface area contributed by atoms with Crippen molar-refractivity contribution in [3.05, 3.63) is 0 Å². The molecule has 0 aliphatic heterocycles. The van der Waals surface area contributed by atoms with Crippen LogP contribution in [0.1, 0.15) is 83.5 Å². The topological polar surface area (TPSA) is 0 Å². The molecular formula is C21H34. The molecular weight excluding hydrogens is 252 g/mol. The third-order valence-electron chi connectivity index (χ3n) is 8.85.